The monoisotopic (exact) mass is 89.1 g/mol. The fourth-order valence-corrected chi connectivity index (χ4v) is 0. The van der Waals surface area contributed by atoms with Crippen LogP contribution in [-0.2, 0) is 0 Å². The second-order valence-electron chi connectivity index (χ2n) is 0.947. The van der Waals surface area contributed by atoms with E-state index in [1.165, 1.54) is 0 Å². The highest BCUT2D eigenvalue weighted by Crippen LogP contribution is 1.48. The zero-order chi connectivity index (χ0) is 5.41. The van der Waals surface area contributed by atoms with Gasteiger partial charge < -0.3 is 10.6 Å². The second-order valence-corrected chi connectivity index (χ2v) is 0.947. The standard InChI is InChI=1S/C2H7N.C2H6N/c2*1-3-2/h3H,1-2H3;1-2H3/q;-1. The van der Waals surface area contributed by atoms with E-state index in [4.69, 9.17) is 0 Å². The summed E-state index contributed by atoms with van der Waals surface area (Å²) in [5, 5.41) is 6.25. The molecule has 0 heterocycles. The molecule has 0 bridgehead atoms. The zero-order valence-electron chi connectivity index (χ0n) is 4.95. The van der Waals surface area contributed by atoms with E-state index in [1.54, 1.807) is 14.1 Å². The van der Waals surface area contributed by atoms with Gasteiger partial charge >= 0.3 is 0 Å². The van der Waals surface area contributed by atoms with Crippen LogP contribution in [-0.4, -0.2) is 28.2 Å². The lowest BCUT2D eigenvalue weighted by atomic mass is 11.3. The summed E-state index contributed by atoms with van der Waals surface area (Å²) in [6, 6.07) is 0. The van der Waals surface area contributed by atoms with Crippen molar-refractivity contribution in [3.8, 4) is 0 Å². The molecule has 0 fully saturated rings. The Morgan fingerprint density at radius 2 is 1.17 bits per heavy atom. The SMILES string of the molecule is CNC.C[N-]C. The van der Waals surface area contributed by atoms with Crippen LogP contribution in [0.15, 0.2) is 0 Å². The van der Waals surface area contributed by atoms with Crippen LogP contribution in [0, 0.1) is 0 Å². The van der Waals surface area contributed by atoms with Gasteiger partial charge in [0.2, 0.25) is 0 Å². The van der Waals surface area contributed by atoms with Crippen molar-refractivity contribution in [3.63, 3.8) is 0 Å². The predicted molar refractivity (Wildman–Crippen MR) is 30.2 cm³/mol. The molecule has 0 radical (unpaired) electrons. The van der Waals surface area contributed by atoms with Crippen molar-refractivity contribution < 1.29 is 0 Å². The van der Waals surface area contributed by atoms with Crippen LogP contribution >= 0.6 is 0 Å². The van der Waals surface area contributed by atoms with E-state index in [9.17, 15) is 0 Å². The largest absolute Gasteiger partial charge is 0.668 e. The molecule has 0 rings (SSSR count). The first-order chi connectivity index (χ1) is 2.83. The van der Waals surface area contributed by atoms with Gasteiger partial charge in [0, 0.05) is 0 Å². The van der Waals surface area contributed by atoms with Gasteiger partial charge in [-0.1, -0.05) is 0 Å². The topological polar surface area (TPSA) is 26.1 Å². The highest BCUT2D eigenvalue weighted by Gasteiger charge is 1.25. The zero-order valence-corrected chi connectivity index (χ0v) is 4.95. The Morgan fingerprint density at radius 3 is 1.17 bits per heavy atom. The predicted octanol–water partition coefficient (Wildman–Crippen LogP) is 0.455. The van der Waals surface area contributed by atoms with Gasteiger partial charge in [-0.25, -0.2) is 0 Å². The summed E-state index contributed by atoms with van der Waals surface area (Å²) in [6.45, 7) is 0. The number of nitrogens with zero attached hydrogens (tertiary/aromatic N) is 1. The minimum atomic E-state index is 1.75. The molecule has 40 valence electrons. The normalized spacial score (nSPS) is 6.00. The Labute approximate surface area is 39.9 Å². The van der Waals surface area contributed by atoms with Crippen molar-refractivity contribution in [2.24, 2.45) is 0 Å². The van der Waals surface area contributed by atoms with Gasteiger partial charge in [0.15, 0.2) is 0 Å². The van der Waals surface area contributed by atoms with Gasteiger partial charge in [-0.05, 0) is 14.1 Å². The second kappa shape index (κ2) is 20.5. The maximum atomic E-state index is 3.50. The maximum absolute atomic E-state index is 3.50. The molecule has 0 unspecified atom stereocenters. The third-order valence-electron chi connectivity index (χ3n) is 0. The lowest BCUT2D eigenvalue weighted by Gasteiger charge is -1.85. The molecular weight excluding hydrogens is 76.1 g/mol. The van der Waals surface area contributed by atoms with E-state index >= 15 is 0 Å². The van der Waals surface area contributed by atoms with E-state index in [0.29, 0.717) is 0 Å². The summed E-state index contributed by atoms with van der Waals surface area (Å²) in [5.74, 6) is 0. The van der Waals surface area contributed by atoms with E-state index in [0.717, 1.165) is 0 Å². The smallest absolute Gasteiger partial charge is 0.0167 e. The van der Waals surface area contributed by atoms with Crippen LogP contribution < -0.4 is 5.32 Å². The molecule has 0 saturated carbocycles. The van der Waals surface area contributed by atoms with Crippen LogP contribution in [0.3, 0.4) is 0 Å². The van der Waals surface area contributed by atoms with Crippen molar-refractivity contribution in [1.29, 1.82) is 0 Å². The minimum Gasteiger partial charge on any atom is -0.668 e. The molecule has 0 atom stereocenters. The average Bonchev–Trinajstić information content (AvgIpc) is 1.39. The van der Waals surface area contributed by atoms with Crippen LogP contribution in [0.4, 0.5) is 0 Å². The molecule has 0 spiro atoms. The van der Waals surface area contributed by atoms with Crippen LogP contribution in [0.1, 0.15) is 0 Å². The van der Waals surface area contributed by atoms with Gasteiger partial charge in [0.25, 0.3) is 0 Å². The molecule has 1 N–H and O–H groups in total. The summed E-state index contributed by atoms with van der Waals surface area (Å²) < 4.78 is 0. The van der Waals surface area contributed by atoms with E-state index in [-0.39, 0.29) is 0 Å². The third kappa shape index (κ3) is 5220. The number of nitrogens with one attached hydrogen (secondary N) is 1. The van der Waals surface area contributed by atoms with E-state index in [2.05, 4.69) is 10.6 Å². The third-order valence-corrected chi connectivity index (χ3v) is 0. The van der Waals surface area contributed by atoms with Crippen molar-refractivity contribution in [2.45, 2.75) is 0 Å². The van der Waals surface area contributed by atoms with E-state index < -0.39 is 0 Å². The first-order valence-electron chi connectivity index (χ1n) is 1.89. The Morgan fingerprint density at radius 1 is 1.17 bits per heavy atom. The van der Waals surface area contributed by atoms with E-state index in [1.807, 2.05) is 14.1 Å². The molecule has 2 nitrogen and oxygen atoms in total. The molecule has 0 aliphatic rings. The molecule has 6 heavy (non-hydrogen) atoms. The average molecular weight is 89.2 g/mol. The Kier molecular flexibility index (Phi) is 31.9. The Balaban J connectivity index is 0. The van der Waals surface area contributed by atoms with Crippen molar-refractivity contribution in [2.75, 3.05) is 28.2 Å². The van der Waals surface area contributed by atoms with Gasteiger partial charge in [-0.3, -0.25) is 0 Å². The van der Waals surface area contributed by atoms with Crippen LogP contribution in [0.25, 0.3) is 5.32 Å². The van der Waals surface area contributed by atoms with Gasteiger partial charge in [-0.2, -0.15) is 14.1 Å². The molecule has 2 heteroatoms. The quantitative estimate of drug-likeness (QED) is 0.458. The van der Waals surface area contributed by atoms with Gasteiger partial charge in [0.05, 0.1) is 0 Å². The van der Waals surface area contributed by atoms with Crippen molar-refractivity contribution >= 4 is 0 Å². The molecule has 0 aliphatic heterocycles. The fraction of sp³-hybridized carbons (Fsp3) is 1.00. The molecule has 0 aromatic carbocycles. The van der Waals surface area contributed by atoms with Gasteiger partial charge in [0.1, 0.15) is 0 Å². The highest BCUT2D eigenvalue weighted by molar-refractivity contribution is 4.50. The maximum Gasteiger partial charge on any atom is -0.0167 e. The Hall–Kier alpha value is -0.0800. The molecular formula is C4H13N2-. The van der Waals surface area contributed by atoms with Gasteiger partial charge in [-0.15, -0.1) is 0 Å². The first kappa shape index (κ1) is 9.33. The molecule has 0 saturated heterocycles. The molecule has 0 aliphatic carbocycles. The van der Waals surface area contributed by atoms with Crippen molar-refractivity contribution in [1.82, 2.24) is 5.32 Å². The lowest BCUT2D eigenvalue weighted by Crippen LogP contribution is -1.89. The summed E-state index contributed by atoms with van der Waals surface area (Å²) in [6.07, 6.45) is 0. The summed E-state index contributed by atoms with van der Waals surface area (Å²) in [5.41, 5.74) is 0. The molecule has 0 aromatic heterocycles. The first-order valence-corrected chi connectivity index (χ1v) is 1.89. The van der Waals surface area contributed by atoms with Crippen molar-refractivity contribution in [3.05, 3.63) is 5.32 Å². The Bertz CT molecular complexity index is 7.51. The highest BCUT2D eigenvalue weighted by atomic mass is 14.7. The lowest BCUT2D eigenvalue weighted by molar-refractivity contribution is 1.02. The summed E-state index contributed by atoms with van der Waals surface area (Å²) >= 11 is 0. The summed E-state index contributed by atoms with van der Waals surface area (Å²) in [7, 11) is 7.25. The van der Waals surface area contributed by atoms with Crippen LogP contribution in [0.2, 0.25) is 0 Å². The number of hydrogen-bond acceptors (Lipinski definition) is 1. The molecule has 0 aromatic rings. The number of rotatable bonds is 0. The summed E-state index contributed by atoms with van der Waals surface area (Å²) in [4.78, 5) is 0. The number of hydrogen-bond donors (Lipinski definition) is 1. The fourth-order valence-electron chi connectivity index (χ4n) is 0. The minimum absolute atomic E-state index is 1.75. The molecule has 0 amide bonds. The van der Waals surface area contributed by atoms with Crippen LogP contribution in [0.5, 0.6) is 0 Å².